The van der Waals surface area contributed by atoms with Crippen LogP contribution in [0.5, 0.6) is 0 Å². The van der Waals surface area contributed by atoms with Crippen LogP contribution in [0.15, 0.2) is 53.4 Å². The van der Waals surface area contributed by atoms with Crippen LogP contribution in [0.3, 0.4) is 0 Å². The van der Waals surface area contributed by atoms with E-state index in [9.17, 15) is 13.2 Å². The summed E-state index contributed by atoms with van der Waals surface area (Å²) >= 11 is 6.05. The van der Waals surface area contributed by atoms with E-state index in [0.29, 0.717) is 10.7 Å². The maximum atomic E-state index is 12.1. The molecule has 25 heavy (non-hydrogen) atoms. The fourth-order valence-corrected chi connectivity index (χ4v) is 3.15. The van der Waals surface area contributed by atoms with E-state index in [4.69, 9.17) is 11.6 Å². The van der Waals surface area contributed by atoms with Crippen molar-refractivity contribution in [3.05, 3.63) is 64.7 Å². The molecule has 5 nitrogen and oxygen atoms in total. The number of rotatable bonds is 5. The zero-order chi connectivity index (χ0) is 18.6. The molecule has 0 saturated carbocycles. The Morgan fingerprint density at radius 2 is 1.88 bits per heavy atom. The molecule has 1 N–H and O–H groups in total. The van der Waals surface area contributed by atoms with Crippen molar-refractivity contribution in [1.82, 2.24) is 4.31 Å². The number of anilines is 1. The van der Waals surface area contributed by atoms with Crippen LogP contribution < -0.4 is 5.32 Å². The molecule has 0 saturated heterocycles. The van der Waals surface area contributed by atoms with Crippen molar-refractivity contribution in [2.24, 2.45) is 0 Å². The zero-order valence-corrected chi connectivity index (χ0v) is 15.7. The number of halogens is 1. The first-order valence-corrected chi connectivity index (χ1v) is 9.30. The van der Waals surface area contributed by atoms with Crippen molar-refractivity contribution in [2.45, 2.75) is 11.8 Å². The van der Waals surface area contributed by atoms with E-state index >= 15 is 0 Å². The molecule has 0 aliphatic heterocycles. The molecule has 0 radical (unpaired) electrons. The van der Waals surface area contributed by atoms with Crippen LogP contribution in [-0.2, 0) is 14.8 Å². The Labute approximate surface area is 153 Å². The lowest BCUT2D eigenvalue weighted by Gasteiger charge is -2.12. The first-order chi connectivity index (χ1) is 11.7. The van der Waals surface area contributed by atoms with Crippen molar-refractivity contribution < 1.29 is 13.2 Å². The van der Waals surface area contributed by atoms with E-state index < -0.39 is 10.0 Å². The highest BCUT2D eigenvalue weighted by atomic mass is 35.5. The Morgan fingerprint density at radius 3 is 2.52 bits per heavy atom. The van der Waals surface area contributed by atoms with Crippen molar-refractivity contribution in [3.8, 4) is 0 Å². The minimum atomic E-state index is -3.55. The van der Waals surface area contributed by atoms with Gasteiger partial charge in [-0.3, -0.25) is 4.79 Å². The fraction of sp³-hybridized carbons (Fsp3) is 0.167. The van der Waals surface area contributed by atoms with Crippen LogP contribution in [0, 0.1) is 6.92 Å². The van der Waals surface area contributed by atoms with E-state index in [2.05, 4.69) is 5.32 Å². The largest absolute Gasteiger partial charge is 0.322 e. The highest BCUT2D eigenvalue weighted by Gasteiger charge is 2.17. The molecular formula is C18H19ClN2O3S. The maximum absolute atomic E-state index is 12.1. The molecular weight excluding hydrogens is 360 g/mol. The van der Waals surface area contributed by atoms with Crippen molar-refractivity contribution in [3.63, 3.8) is 0 Å². The monoisotopic (exact) mass is 378 g/mol. The Morgan fingerprint density at radius 1 is 1.16 bits per heavy atom. The number of nitrogens with zero attached hydrogens (tertiary/aromatic N) is 1. The fourth-order valence-electron chi connectivity index (χ4n) is 2.01. The predicted octanol–water partition coefficient (Wildman–Crippen LogP) is 3.55. The van der Waals surface area contributed by atoms with E-state index in [-0.39, 0.29) is 10.8 Å². The van der Waals surface area contributed by atoms with Gasteiger partial charge < -0.3 is 5.32 Å². The summed E-state index contributed by atoms with van der Waals surface area (Å²) in [7, 11) is -0.641. The summed E-state index contributed by atoms with van der Waals surface area (Å²) in [5.41, 5.74) is 2.16. The molecule has 0 unspecified atom stereocenters. The predicted molar refractivity (Wildman–Crippen MR) is 101 cm³/mol. The zero-order valence-electron chi connectivity index (χ0n) is 14.2. The maximum Gasteiger partial charge on any atom is 0.248 e. The summed E-state index contributed by atoms with van der Waals surface area (Å²) in [5.74, 6) is -0.365. The van der Waals surface area contributed by atoms with Gasteiger partial charge in [-0.2, -0.15) is 0 Å². The summed E-state index contributed by atoms with van der Waals surface area (Å²) in [4.78, 5) is 12.2. The molecule has 0 aliphatic rings. The van der Waals surface area contributed by atoms with E-state index in [1.165, 1.54) is 32.3 Å². The van der Waals surface area contributed by atoms with Crippen molar-refractivity contribution >= 4 is 39.3 Å². The van der Waals surface area contributed by atoms with Gasteiger partial charge in [-0.15, -0.1) is 0 Å². The first-order valence-electron chi connectivity index (χ1n) is 7.48. The number of carbonyl (C=O) groups is 1. The van der Waals surface area contributed by atoms with Crippen LogP contribution in [0.25, 0.3) is 6.08 Å². The topological polar surface area (TPSA) is 66.5 Å². The summed E-state index contributed by atoms with van der Waals surface area (Å²) < 4.78 is 25.4. The van der Waals surface area contributed by atoms with Crippen LogP contribution in [0.4, 0.5) is 5.69 Å². The number of benzene rings is 2. The van der Waals surface area contributed by atoms with Crippen LogP contribution in [0.2, 0.25) is 5.02 Å². The van der Waals surface area contributed by atoms with Gasteiger partial charge in [0.15, 0.2) is 0 Å². The van der Waals surface area contributed by atoms with Crippen molar-refractivity contribution in [1.29, 1.82) is 0 Å². The SMILES string of the molecule is Cc1ccc(/C=C/C(=O)Nc2cccc(S(=O)(=O)N(C)C)c2)cc1Cl. The third kappa shape index (κ3) is 4.92. The second-order valence-electron chi connectivity index (χ2n) is 5.65. The van der Waals surface area contributed by atoms with E-state index in [1.54, 1.807) is 24.3 Å². The molecule has 1 amide bonds. The highest BCUT2D eigenvalue weighted by molar-refractivity contribution is 7.89. The Hall–Kier alpha value is -2.15. The third-order valence-electron chi connectivity index (χ3n) is 3.50. The van der Waals surface area contributed by atoms with Crippen LogP contribution in [-0.4, -0.2) is 32.7 Å². The molecule has 0 fully saturated rings. The number of amides is 1. The Kier molecular flexibility index (Phi) is 6.00. The number of hydrogen-bond donors (Lipinski definition) is 1. The third-order valence-corrected chi connectivity index (χ3v) is 5.72. The molecule has 0 heterocycles. The van der Waals surface area contributed by atoms with Gasteiger partial charge in [-0.05, 0) is 48.4 Å². The van der Waals surface area contributed by atoms with Crippen LogP contribution in [0.1, 0.15) is 11.1 Å². The van der Waals surface area contributed by atoms with Gasteiger partial charge >= 0.3 is 0 Å². The summed E-state index contributed by atoms with van der Waals surface area (Å²) in [6.07, 6.45) is 3.01. The highest BCUT2D eigenvalue weighted by Crippen LogP contribution is 2.19. The average molecular weight is 379 g/mol. The molecule has 0 spiro atoms. The summed E-state index contributed by atoms with van der Waals surface area (Å²) in [6.45, 7) is 1.90. The van der Waals surface area contributed by atoms with Gasteiger partial charge in [0, 0.05) is 30.9 Å². The van der Waals surface area contributed by atoms with Gasteiger partial charge in [0.25, 0.3) is 0 Å². The Bertz CT molecular complexity index is 922. The van der Waals surface area contributed by atoms with Crippen molar-refractivity contribution in [2.75, 3.05) is 19.4 Å². The Balaban J connectivity index is 2.13. The van der Waals surface area contributed by atoms with E-state index in [0.717, 1.165) is 15.4 Å². The molecule has 2 aromatic carbocycles. The molecule has 0 aliphatic carbocycles. The van der Waals surface area contributed by atoms with Gasteiger partial charge in [0.05, 0.1) is 4.90 Å². The van der Waals surface area contributed by atoms with Gasteiger partial charge in [-0.25, -0.2) is 12.7 Å². The molecule has 0 aromatic heterocycles. The standard InChI is InChI=1S/C18H19ClN2O3S/c1-13-7-8-14(11-17(13)19)9-10-18(22)20-15-5-4-6-16(12-15)25(23,24)21(2)3/h4-12H,1-3H3,(H,20,22)/b10-9+. The molecule has 2 aromatic rings. The molecule has 0 bridgehead atoms. The minimum Gasteiger partial charge on any atom is -0.322 e. The number of aryl methyl sites for hydroxylation is 1. The number of hydrogen-bond acceptors (Lipinski definition) is 3. The minimum absolute atomic E-state index is 0.115. The second kappa shape index (κ2) is 7.82. The summed E-state index contributed by atoms with van der Waals surface area (Å²) in [6, 6.07) is 11.6. The van der Waals surface area contributed by atoms with Gasteiger partial charge in [0.2, 0.25) is 15.9 Å². The van der Waals surface area contributed by atoms with Crippen LogP contribution >= 0.6 is 11.6 Å². The number of sulfonamides is 1. The molecule has 7 heteroatoms. The normalized spacial score (nSPS) is 11.9. The number of carbonyl (C=O) groups excluding carboxylic acids is 1. The molecule has 2 rings (SSSR count). The average Bonchev–Trinajstić information content (AvgIpc) is 2.56. The smallest absolute Gasteiger partial charge is 0.248 e. The number of nitrogens with one attached hydrogen (secondary N) is 1. The second-order valence-corrected chi connectivity index (χ2v) is 8.21. The summed E-state index contributed by atoms with van der Waals surface area (Å²) in [5, 5.41) is 3.28. The molecule has 132 valence electrons. The molecule has 0 atom stereocenters. The quantitative estimate of drug-likeness (QED) is 0.809. The lowest BCUT2D eigenvalue weighted by Crippen LogP contribution is -2.22. The van der Waals surface area contributed by atoms with Gasteiger partial charge in [-0.1, -0.05) is 29.8 Å². The van der Waals surface area contributed by atoms with E-state index in [1.807, 2.05) is 19.1 Å². The first kappa shape index (κ1) is 19.2. The lowest BCUT2D eigenvalue weighted by molar-refractivity contribution is -0.111. The lowest BCUT2D eigenvalue weighted by atomic mass is 10.1. The van der Waals surface area contributed by atoms with Gasteiger partial charge in [0.1, 0.15) is 0 Å².